The Kier molecular flexibility index (Phi) is 5.87. The third-order valence-corrected chi connectivity index (χ3v) is 6.92. The lowest BCUT2D eigenvalue weighted by Gasteiger charge is -2.14. The van der Waals surface area contributed by atoms with E-state index in [2.05, 4.69) is 65.3 Å². The molecule has 0 spiro atoms. The van der Waals surface area contributed by atoms with E-state index in [4.69, 9.17) is 19.9 Å². The van der Waals surface area contributed by atoms with E-state index in [1.807, 2.05) is 66.7 Å². The summed E-state index contributed by atoms with van der Waals surface area (Å²) < 4.78 is 2.29. The molecular weight excluding hydrogens is 478 g/mol. The van der Waals surface area contributed by atoms with Gasteiger partial charge in [0.25, 0.3) is 0 Å². The Morgan fingerprint density at radius 3 is 1.69 bits per heavy atom. The van der Waals surface area contributed by atoms with Crippen molar-refractivity contribution in [2.45, 2.75) is 12.8 Å². The topological polar surface area (TPSA) is 56.5 Å². The molecule has 0 N–H and O–H groups in total. The van der Waals surface area contributed by atoms with Crippen LogP contribution < -0.4 is 0 Å². The molecule has 5 nitrogen and oxygen atoms in total. The SMILES string of the molecule is C1=Cc2nc(-c3cccc(-c4nc(-c5ccccc5)nc(-c5ccccc5)n4)c3)n(-c3ccccc3)c2CC1. The number of hydrogen-bond acceptors (Lipinski definition) is 4. The molecule has 186 valence electrons. The summed E-state index contributed by atoms with van der Waals surface area (Å²) in [6, 6.07) is 38.9. The highest BCUT2D eigenvalue weighted by atomic mass is 15.1. The number of aromatic nitrogens is 5. The summed E-state index contributed by atoms with van der Waals surface area (Å²) in [6.45, 7) is 0. The minimum Gasteiger partial charge on any atom is -0.296 e. The molecule has 0 aliphatic heterocycles. The van der Waals surface area contributed by atoms with Gasteiger partial charge in [0.05, 0.1) is 11.4 Å². The Bertz CT molecular complexity index is 1730. The van der Waals surface area contributed by atoms with Crippen LogP contribution in [-0.2, 0) is 6.42 Å². The fourth-order valence-electron chi connectivity index (χ4n) is 5.04. The van der Waals surface area contributed by atoms with E-state index in [0.29, 0.717) is 17.5 Å². The van der Waals surface area contributed by atoms with E-state index in [1.165, 1.54) is 5.69 Å². The fraction of sp³-hybridized carbons (Fsp3) is 0.0588. The quantitative estimate of drug-likeness (QED) is 0.242. The van der Waals surface area contributed by atoms with Gasteiger partial charge >= 0.3 is 0 Å². The molecule has 2 heterocycles. The smallest absolute Gasteiger partial charge is 0.164 e. The maximum Gasteiger partial charge on any atom is 0.164 e. The van der Waals surface area contributed by atoms with Crippen molar-refractivity contribution in [1.29, 1.82) is 0 Å². The largest absolute Gasteiger partial charge is 0.296 e. The summed E-state index contributed by atoms with van der Waals surface area (Å²) in [4.78, 5) is 19.8. The standard InChI is InChI=1S/C34H25N5/c1-4-13-24(14-5-1)31-36-32(25-15-6-2-7-16-25)38-33(37-31)26-17-12-18-27(23-26)34-35-29-21-10-11-22-30(29)39(34)28-19-8-3-9-20-28/h1-10,12-21,23H,11,22H2. The van der Waals surface area contributed by atoms with Gasteiger partial charge in [0.15, 0.2) is 17.5 Å². The molecule has 0 atom stereocenters. The lowest BCUT2D eigenvalue weighted by Crippen LogP contribution is -2.04. The Balaban J connectivity index is 1.39. The van der Waals surface area contributed by atoms with Crippen LogP contribution >= 0.6 is 0 Å². The predicted molar refractivity (Wildman–Crippen MR) is 156 cm³/mol. The summed E-state index contributed by atoms with van der Waals surface area (Å²) in [5, 5.41) is 0. The molecule has 0 fully saturated rings. The Morgan fingerprint density at radius 2 is 1.05 bits per heavy atom. The van der Waals surface area contributed by atoms with Crippen molar-refractivity contribution in [2.24, 2.45) is 0 Å². The van der Waals surface area contributed by atoms with Gasteiger partial charge in [-0.25, -0.2) is 19.9 Å². The molecule has 4 aromatic carbocycles. The van der Waals surface area contributed by atoms with Crippen molar-refractivity contribution in [1.82, 2.24) is 24.5 Å². The minimum atomic E-state index is 0.632. The van der Waals surface area contributed by atoms with Crippen molar-refractivity contribution >= 4 is 6.08 Å². The van der Waals surface area contributed by atoms with E-state index in [1.54, 1.807) is 0 Å². The summed E-state index contributed by atoms with van der Waals surface area (Å²) in [5.41, 5.74) is 7.22. The van der Waals surface area contributed by atoms with Gasteiger partial charge in [-0.2, -0.15) is 0 Å². The van der Waals surface area contributed by atoms with Gasteiger partial charge in [-0.3, -0.25) is 4.57 Å². The van der Waals surface area contributed by atoms with Gasteiger partial charge in [0, 0.05) is 27.9 Å². The van der Waals surface area contributed by atoms with Crippen molar-refractivity contribution in [2.75, 3.05) is 0 Å². The number of fused-ring (bicyclic) bond motifs is 1. The molecular formula is C34H25N5. The lowest BCUT2D eigenvalue weighted by atomic mass is 10.1. The average molecular weight is 504 g/mol. The molecule has 0 saturated carbocycles. The third kappa shape index (κ3) is 4.44. The highest BCUT2D eigenvalue weighted by Gasteiger charge is 2.20. The van der Waals surface area contributed by atoms with Crippen LogP contribution in [0, 0.1) is 0 Å². The van der Waals surface area contributed by atoms with Crippen molar-refractivity contribution in [3.63, 3.8) is 0 Å². The summed E-state index contributed by atoms with van der Waals surface area (Å²) >= 11 is 0. The monoisotopic (exact) mass is 503 g/mol. The maximum atomic E-state index is 5.09. The summed E-state index contributed by atoms with van der Waals surface area (Å²) in [6.07, 6.45) is 6.31. The normalized spacial score (nSPS) is 12.3. The molecule has 2 aromatic heterocycles. The van der Waals surface area contributed by atoms with Crippen LogP contribution in [0.5, 0.6) is 0 Å². The molecule has 7 rings (SSSR count). The number of benzene rings is 4. The number of hydrogen-bond donors (Lipinski definition) is 0. The van der Waals surface area contributed by atoms with Gasteiger partial charge in [-0.1, -0.05) is 103 Å². The Morgan fingerprint density at radius 1 is 0.513 bits per heavy atom. The first-order valence-electron chi connectivity index (χ1n) is 13.1. The molecule has 0 bridgehead atoms. The van der Waals surface area contributed by atoms with Crippen LogP contribution in [0.2, 0.25) is 0 Å². The van der Waals surface area contributed by atoms with Crippen LogP contribution in [0.4, 0.5) is 0 Å². The van der Waals surface area contributed by atoms with E-state index in [0.717, 1.165) is 52.3 Å². The van der Waals surface area contributed by atoms with Crippen molar-refractivity contribution < 1.29 is 0 Å². The molecule has 5 heteroatoms. The number of nitrogens with zero attached hydrogens (tertiary/aromatic N) is 5. The van der Waals surface area contributed by atoms with Gasteiger partial charge in [-0.05, 0) is 37.1 Å². The van der Waals surface area contributed by atoms with Crippen LogP contribution in [0.1, 0.15) is 17.8 Å². The summed E-state index contributed by atoms with van der Waals surface area (Å²) in [5.74, 6) is 2.85. The second-order valence-electron chi connectivity index (χ2n) is 9.50. The van der Waals surface area contributed by atoms with Gasteiger partial charge in [0.1, 0.15) is 5.82 Å². The molecule has 39 heavy (non-hydrogen) atoms. The number of allylic oxidation sites excluding steroid dienone is 1. The van der Waals surface area contributed by atoms with E-state index < -0.39 is 0 Å². The zero-order valence-electron chi connectivity index (χ0n) is 21.3. The number of imidazole rings is 1. The molecule has 1 aliphatic rings. The molecule has 6 aromatic rings. The first-order valence-corrected chi connectivity index (χ1v) is 13.1. The van der Waals surface area contributed by atoms with Crippen molar-refractivity contribution in [3.8, 4) is 51.2 Å². The van der Waals surface area contributed by atoms with Gasteiger partial charge < -0.3 is 0 Å². The van der Waals surface area contributed by atoms with Crippen LogP contribution in [0.15, 0.2) is 121 Å². The molecule has 0 unspecified atom stereocenters. The zero-order chi connectivity index (χ0) is 26.0. The highest BCUT2D eigenvalue weighted by molar-refractivity contribution is 5.72. The number of rotatable bonds is 5. The van der Waals surface area contributed by atoms with Gasteiger partial charge in [-0.15, -0.1) is 0 Å². The molecule has 1 aliphatic carbocycles. The molecule has 0 saturated heterocycles. The molecule has 0 radical (unpaired) electrons. The molecule has 0 amide bonds. The van der Waals surface area contributed by atoms with Crippen LogP contribution in [0.3, 0.4) is 0 Å². The number of para-hydroxylation sites is 1. The Labute approximate surface area is 227 Å². The lowest BCUT2D eigenvalue weighted by molar-refractivity contribution is 0.878. The fourth-order valence-corrected chi connectivity index (χ4v) is 5.04. The second kappa shape index (κ2) is 9.95. The van der Waals surface area contributed by atoms with E-state index in [9.17, 15) is 0 Å². The van der Waals surface area contributed by atoms with Crippen LogP contribution in [0.25, 0.3) is 57.3 Å². The first-order chi connectivity index (χ1) is 19.3. The highest BCUT2D eigenvalue weighted by Crippen LogP contribution is 2.32. The second-order valence-corrected chi connectivity index (χ2v) is 9.50. The summed E-state index contributed by atoms with van der Waals surface area (Å²) in [7, 11) is 0. The average Bonchev–Trinajstić information content (AvgIpc) is 3.42. The first kappa shape index (κ1) is 23.0. The zero-order valence-corrected chi connectivity index (χ0v) is 21.3. The minimum absolute atomic E-state index is 0.632. The third-order valence-electron chi connectivity index (χ3n) is 6.92. The Hall–Kier alpha value is -5.16. The van der Waals surface area contributed by atoms with E-state index in [-0.39, 0.29) is 0 Å². The van der Waals surface area contributed by atoms with Gasteiger partial charge in [0.2, 0.25) is 0 Å². The maximum absolute atomic E-state index is 5.09. The van der Waals surface area contributed by atoms with E-state index >= 15 is 0 Å². The predicted octanol–water partition coefficient (Wildman–Crippen LogP) is 7.68. The van der Waals surface area contributed by atoms with Crippen LogP contribution in [-0.4, -0.2) is 24.5 Å². The van der Waals surface area contributed by atoms with Crippen molar-refractivity contribution in [3.05, 3.63) is 133 Å².